The first-order chi connectivity index (χ1) is 11.5. The Balaban J connectivity index is 1.47. The molecule has 1 aliphatic heterocycles. The minimum absolute atomic E-state index is 0.0152. The Labute approximate surface area is 141 Å². The zero-order chi connectivity index (χ0) is 16.7. The number of hydrogen-bond donors (Lipinski definition) is 1. The summed E-state index contributed by atoms with van der Waals surface area (Å²) in [7, 11) is 0. The number of aryl methyl sites for hydroxylation is 1. The van der Waals surface area contributed by atoms with E-state index in [1.807, 2.05) is 0 Å². The number of alkyl carbamates (subject to hydrolysis) is 1. The van der Waals surface area contributed by atoms with Gasteiger partial charge in [0, 0.05) is 13.3 Å². The van der Waals surface area contributed by atoms with E-state index in [0.717, 1.165) is 38.5 Å². The monoisotopic (exact) mass is 329 g/mol. The van der Waals surface area contributed by atoms with E-state index in [2.05, 4.69) is 23.5 Å². The molecule has 1 amide bonds. The summed E-state index contributed by atoms with van der Waals surface area (Å²) in [5.41, 5.74) is 3.88. The molecule has 1 saturated heterocycles. The lowest BCUT2D eigenvalue weighted by atomic mass is 9.85. The van der Waals surface area contributed by atoms with Crippen LogP contribution in [0, 0.1) is 0 Å². The van der Waals surface area contributed by atoms with E-state index in [0.29, 0.717) is 12.5 Å². The van der Waals surface area contributed by atoms with Gasteiger partial charge >= 0.3 is 12.1 Å². The van der Waals surface area contributed by atoms with Gasteiger partial charge in [-0.15, -0.1) is 0 Å². The van der Waals surface area contributed by atoms with Crippen molar-refractivity contribution in [3.05, 3.63) is 34.9 Å². The third kappa shape index (κ3) is 2.87. The molecular weight excluding hydrogens is 306 g/mol. The smallest absolute Gasteiger partial charge is 0.407 e. The average molecular weight is 329 g/mol. The molecule has 1 N–H and O–H groups in total. The summed E-state index contributed by atoms with van der Waals surface area (Å²) in [6.07, 6.45) is 5.42. The van der Waals surface area contributed by atoms with E-state index in [-0.39, 0.29) is 23.7 Å². The van der Waals surface area contributed by atoms with Crippen LogP contribution in [-0.2, 0) is 27.1 Å². The minimum atomic E-state index is -0.280. The van der Waals surface area contributed by atoms with Crippen LogP contribution >= 0.6 is 0 Å². The summed E-state index contributed by atoms with van der Waals surface area (Å²) >= 11 is 0. The molecule has 0 radical (unpaired) electrons. The lowest BCUT2D eigenvalue weighted by Gasteiger charge is -2.26. The third-order valence-corrected chi connectivity index (χ3v) is 5.67. The van der Waals surface area contributed by atoms with Crippen LogP contribution < -0.4 is 5.32 Å². The van der Waals surface area contributed by atoms with Gasteiger partial charge in [-0.2, -0.15) is 0 Å². The fourth-order valence-corrected chi connectivity index (χ4v) is 4.48. The number of cyclic esters (lactones) is 1. The Morgan fingerprint density at radius 3 is 2.96 bits per heavy atom. The van der Waals surface area contributed by atoms with Gasteiger partial charge < -0.3 is 14.8 Å². The average Bonchev–Trinajstić information content (AvgIpc) is 3.13. The molecule has 5 nitrogen and oxygen atoms in total. The summed E-state index contributed by atoms with van der Waals surface area (Å²) in [5.74, 6) is 0.278. The highest BCUT2D eigenvalue weighted by Gasteiger charge is 2.46. The van der Waals surface area contributed by atoms with Crippen molar-refractivity contribution in [2.75, 3.05) is 6.61 Å². The van der Waals surface area contributed by atoms with Gasteiger partial charge in [0.05, 0.1) is 5.54 Å². The summed E-state index contributed by atoms with van der Waals surface area (Å²) in [5, 5.41) is 3.01. The van der Waals surface area contributed by atoms with E-state index >= 15 is 0 Å². The number of esters is 1. The second-order valence-corrected chi connectivity index (χ2v) is 7.42. The number of carbonyl (C=O) groups excluding carboxylic acids is 2. The van der Waals surface area contributed by atoms with E-state index in [1.165, 1.54) is 23.6 Å². The highest BCUT2D eigenvalue weighted by atomic mass is 16.6. The molecule has 0 unspecified atom stereocenters. The quantitative estimate of drug-likeness (QED) is 0.848. The molecule has 1 saturated carbocycles. The molecule has 1 spiro atoms. The Hall–Kier alpha value is -2.04. The predicted molar refractivity (Wildman–Crippen MR) is 87.8 cm³/mol. The number of fused-ring (bicyclic) bond motifs is 1. The van der Waals surface area contributed by atoms with Gasteiger partial charge in [-0.1, -0.05) is 18.2 Å². The number of hydrogen-bond acceptors (Lipinski definition) is 4. The molecule has 3 aliphatic rings. The summed E-state index contributed by atoms with van der Waals surface area (Å²) in [6, 6.07) is 6.71. The maximum atomic E-state index is 11.4. The molecule has 1 aromatic carbocycles. The maximum Gasteiger partial charge on any atom is 0.407 e. The highest BCUT2D eigenvalue weighted by molar-refractivity contribution is 5.71. The Morgan fingerprint density at radius 1 is 1.33 bits per heavy atom. The largest absolute Gasteiger partial charge is 0.462 e. The van der Waals surface area contributed by atoms with E-state index < -0.39 is 0 Å². The van der Waals surface area contributed by atoms with Crippen molar-refractivity contribution in [2.45, 2.75) is 63.0 Å². The third-order valence-electron chi connectivity index (χ3n) is 5.67. The number of rotatable bonds is 2. The number of ether oxygens (including phenoxy) is 2. The topological polar surface area (TPSA) is 64.6 Å². The Bertz CT molecular complexity index is 686. The van der Waals surface area contributed by atoms with Gasteiger partial charge in [-0.05, 0) is 54.7 Å². The van der Waals surface area contributed by atoms with Gasteiger partial charge in [-0.25, -0.2) is 4.79 Å². The molecule has 2 fully saturated rings. The first-order valence-corrected chi connectivity index (χ1v) is 8.77. The van der Waals surface area contributed by atoms with Crippen LogP contribution in [0.1, 0.15) is 55.2 Å². The Morgan fingerprint density at radius 2 is 2.21 bits per heavy atom. The standard InChI is InChI=1S/C19H23NO4/c1-12(21)24-17-5-4-13-8-14(2-3-15(13)9-17)16-6-7-19(10-16)11-23-18(22)20-19/h2-3,8,16-17H,4-7,9-11H2,1H3,(H,20,22)/t16-,17+,19+/m0/s1. The van der Waals surface area contributed by atoms with Crippen molar-refractivity contribution in [3.63, 3.8) is 0 Å². The summed E-state index contributed by atoms with van der Waals surface area (Å²) < 4.78 is 10.5. The first-order valence-electron chi connectivity index (χ1n) is 8.77. The molecule has 128 valence electrons. The number of amides is 1. The van der Waals surface area contributed by atoms with Crippen molar-refractivity contribution < 1.29 is 19.1 Å². The fraction of sp³-hybridized carbons (Fsp3) is 0.579. The normalized spacial score (nSPS) is 31.5. The van der Waals surface area contributed by atoms with Crippen LogP contribution in [-0.4, -0.2) is 30.3 Å². The number of benzene rings is 1. The maximum absolute atomic E-state index is 11.4. The minimum Gasteiger partial charge on any atom is -0.462 e. The number of carbonyl (C=O) groups is 2. The van der Waals surface area contributed by atoms with Crippen LogP contribution in [0.2, 0.25) is 0 Å². The van der Waals surface area contributed by atoms with Crippen molar-refractivity contribution >= 4 is 12.1 Å². The van der Waals surface area contributed by atoms with Crippen LogP contribution in [0.5, 0.6) is 0 Å². The molecule has 0 aromatic heterocycles. The molecule has 4 rings (SSSR count). The molecule has 24 heavy (non-hydrogen) atoms. The van der Waals surface area contributed by atoms with Crippen LogP contribution in [0.3, 0.4) is 0 Å². The molecule has 5 heteroatoms. The second kappa shape index (κ2) is 5.80. The zero-order valence-electron chi connectivity index (χ0n) is 14.0. The molecule has 1 aromatic rings. The molecule has 2 aliphatic carbocycles. The molecule has 3 atom stereocenters. The summed E-state index contributed by atoms with van der Waals surface area (Å²) in [6.45, 7) is 1.97. The molecule has 0 bridgehead atoms. The van der Waals surface area contributed by atoms with Gasteiger partial charge in [0.15, 0.2) is 0 Å². The van der Waals surface area contributed by atoms with Crippen molar-refractivity contribution in [3.8, 4) is 0 Å². The van der Waals surface area contributed by atoms with E-state index in [4.69, 9.17) is 9.47 Å². The molecule has 1 heterocycles. The van der Waals surface area contributed by atoms with Gasteiger partial charge in [0.1, 0.15) is 12.7 Å². The van der Waals surface area contributed by atoms with Gasteiger partial charge in [0.25, 0.3) is 0 Å². The van der Waals surface area contributed by atoms with Crippen molar-refractivity contribution in [2.24, 2.45) is 0 Å². The van der Waals surface area contributed by atoms with E-state index in [1.54, 1.807) is 0 Å². The fourth-order valence-electron chi connectivity index (χ4n) is 4.48. The van der Waals surface area contributed by atoms with Crippen molar-refractivity contribution in [1.29, 1.82) is 0 Å². The highest BCUT2D eigenvalue weighted by Crippen LogP contribution is 2.43. The molecular formula is C19H23NO4. The number of nitrogens with one attached hydrogen (secondary N) is 1. The van der Waals surface area contributed by atoms with Gasteiger partial charge in [-0.3, -0.25) is 4.79 Å². The zero-order valence-corrected chi connectivity index (χ0v) is 14.0. The van der Waals surface area contributed by atoms with Crippen molar-refractivity contribution in [1.82, 2.24) is 5.32 Å². The summed E-state index contributed by atoms with van der Waals surface area (Å²) in [4.78, 5) is 22.5. The van der Waals surface area contributed by atoms with Crippen LogP contribution in [0.4, 0.5) is 4.79 Å². The SMILES string of the molecule is CC(=O)O[C@@H]1CCc2cc([C@H]3CC[C@]4(COC(=O)N4)C3)ccc2C1. The lowest BCUT2D eigenvalue weighted by Crippen LogP contribution is -2.40. The lowest BCUT2D eigenvalue weighted by molar-refractivity contribution is -0.146. The van der Waals surface area contributed by atoms with Crippen LogP contribution in [0.25, 0.3) is 0 Å². The first kappa shape index (κ1) is 15.5. The second-order valence-electron chi connectivity index (χ2n) is 7.42. The Kier molecular flexibility index (Phi) is 3.74. The van der Waals surface area contributed by atoms with E-state index in [9.17, 15) is 9.59 Å². The predicted octanol–water partition coefficient (Wildman–Crippen LogP) is 2.85. The van der Waals surface area contributed by atoms with Gasteiger partial charge in [0.2, 0.25) is 0 Å². The van der Waals surface area contributed by atoms with Crippen LogP contribution in [0.15, 0.2) is 18.2 Å².